The molecule has 1 heterocycles. The van der Waals surface area contributed by atoms with Crippen molar-refractivity contribution in [2.45, 2.75) is 26.2 Å². The summed E-state index contributed by atoms with van der Waals surface area (Å²) in [4.78, 5) is 12.0. The van der Waals surface area contributed by atoms with Crippen molar-refractivity contribution in [3.8, 4) is 0 Å². The highest BCUT2D eigenvalue weighted by atomic mass is 32.1. The van der Waals surface area contributed by atoms with Gasteiger partial charge in [-0.15, -0.1) is 5.10 Å². The lowest BCUT2D eigenvalue weighted by atomic mass is 9.86. The van der Waals surface area contributed by atoms with Crippen LogP contribution in [0.1, 0.15) is 42.4 Å². The average molecular weight is 246 g/mol. The Bertz CT molecular complexity index is 509. The molecule has 0 aliphatic rings. The smallest absolute Gasteiger partial charge is 0.214 e. The molecule has 0 aliphatic heterocycles. The van der Waals surface area contributed by atoms with Crippen LogP contribution in [-0.4, -0.2) is 15.4 Å². The normalized spacial score (nSPS) is 11.5. The molecule has 0 fully saturated rings. The molecule has 0 radical (unpaired) electrons. The van der Waals surface area contributed by atoms with Gasteiger partial charge in [-0.3, -0.25) is 4.79 Å². The Morgan fingerprint density at radius 2 is 1.82 bits per heavy atom. The van der Waals surface area contributed by atoms with Crippen LogP contribution in [-0.2, 0) is 5.41 Å². The molecule has 0 unspecified atom stereocenters. The van der Waals surface area contributed by atoms with Gasteiger partial charge < -0.3 is 0 Å². The number of aromatic nitrogens is 2. The van der Waals surface area contributed by atoms with Gasteiger partial charge in [0.05, 0.1) is 0 Å². The van der Waals surface area contributed by atoms with Crippen molar-refractivity contribution in [3.63, 3.8) is 0 Å². The Labute approximate surface area is 105 Å². The third-order valence-corrected chi connectivity index (χ3v) is 3.11. The molecule has 0 atom stereocenters. The Kier molecular flexibility index (Phi) is 3.07. The summed E-state index contributed by atoms with van der Waals surface area (Å²) < 4.78 is 3.70. The van der Waals surface area contributed by atoms with E-state index in [1.807, 2.05) is 24.3 Å². The predicted octanol–water partition coefficient (Wildman–Crippen LogP) is 3.07. The predicted molar refractivity (Wildman–Crippen MR) is 68.5 cm³/mol. The van der Waals surface area contributed by atoms with Gasteiger partial charge >= 0.3 is 0 Å². The van der Waals surface area contributed by atoms with Crippen LogP contribution >= 0.6 is 11.5 Å². The lowest BCUT2D eigenvalue weighted by molar-refractivity contribution is 0.103. The maximum atomic E-state index is 12.0. The summed E-state index contributed by atoms with van der Waals surface area (Å²) in [5.41, 5.74) is 2.39. The number of ketones is 1. The summed E-state index contributed by atoms with van der Waals surface area (Å²) in [6, 6.07) is 7.69. The molecule has 0 spiro atoms. The van der Waals surface area contributed by atoms with Crippen molar-refractivity contribution < 1.29 is 4.79 Å². The second-order valence-electron chi connectivity index (χ2n) is 4.95. The maximum absolute atomic E-state index is 12.0. The van der Waals surface area contributed by atoms with Crippen molar-refractivity contribution in [2.75, 3.05) is 0 Å². The van der Waals surface area contributed by atoms with Crippen LogP contribution in [0.5, 0.6) is 0 Å². The lowest BCUT2D eigenvalue weighted by Crippen LogP contribution is -2.11. The van der Waals surface area contributed by atoms with Crippen molar-refractivity contribution in [1.82, 2.24) is 9.59 Å². The minimum atomic E-state index is -0.0702. The van der Waals surface area contributed by atoms with Gasteiger partial charge in [-0.25, -0.2) is 0 Å². The molecular formula is C13H14N2OS. The fourth-order valence-electron chi connectivity index (χ4n) is 1.53. The third-order valence-electron chi connectivity index (χ3n) is 2.61. The molecule has 88 valence electrons. The first kappa shape index (κ1) is 11.9. The minimum Gasteiger partial charge on any atom is -0.287 e. The Morgan fingerprint density at radius 3 is 2.29 bits per heavy atom. The second kappa shape index (κ2) is 4.37. The number of hydrogen-bond donors (Lipinski definition) is 0. The molecule has 0 saturated carbocycles. The van der Waals surface area contributed by atoms with Crippen LogP contribution in [0.25, 0.3) is 0 Å². The first-order chi connectivity index (χ1) is 7.98. The summed E-state index contributed by atoms with van der Waals surface area (Å²) in [5.74, 6) is -0.0702. The van der Waals surface area contributed by atoms with Crippen molar-refractivity contribution >= 4 is 17.3 Å². The molecule has 17 heavy (non-hydrogen) atoms. The van der Waals surface area contributed by atoms with Crippen LogP contribution in [0.2, 0.25) is 0 Å². The van der Waals surface area contributed by atoms with Gasteiger partial charge in [-0.1, -0.05) is 49.5 Å². The maximum Gasteiger partial charge on any atom is 0.214 e. The zero-order valence-electron chi connectivity index (χ0n) is 10.1. The van der Waals surface area contributed by atoms with Crippen molar-refractivity contribution in [3.05, 3.63) is 46.5 Å². The van der Waals surface area contributed by atoms with Gasteiger partial charge in [-0.05, 0) is 22.5 Å². The molecule has 0 bridgehead atoms. The van der Waals surface area contributed by atoms with E-state index in [4.69, 9.17) is 0 Å². The van der Waals surface area contributed by atoms with E-state index in [0.717, 1.165) is 0 Å². The molecule has 2 aromatic rings. The van der Waals surface area contributed by atoms with Crippen molar-refractivity contribution in [1.29, 1.82) is 0 Å². The van der Waals surface area contributed by atoms with E-state index >= 15 is 0 Å². The molecule has 0 amide bonds. The number of carbonyl (C=O) groups is 1. The van der Waals surface area contributed by atoms with E-state index in [1.54, 1.807) is 5.38 Å². The number of hydrogen-bond acceptors (Lipinski definition) is 4. The zero-order valence-corrected chi connectivity index (χ0v) is 10.9. The van der Waals surface area contributed by atoms with Crippen LogP contribution in [0.3, 0.4) is 0 Å². The highest BCUT2D eigenvalue weighted by molar-refractivity contribution is 7.03. The number of rotatable bonds is 2. The molecular weight excluding hydrogens is 232 g/mol. The SMILES string of the molecule is CC(C)(C)c1ccc(C(=O)c2csnn2)cc1. The standard InChI is InChI=1S/C13H14N2OS/c1-13(2,3)10-6-4-9(5-7-10)12(16)11-8-17-15-14-11/h4-8H,1-3H3. The van der Waals surface area contributed by atoms with E-state index in [-0.39, 0.29) is 11.2 Å². The molecule has 1 aromatic heterocycles. The first-order valence-corrected chi connectivity index (χ1v) is 6.24. The summed E-state index contributed by atoms with van der Waals surface area (Å²) in [6.07, 6.45) is 0. The molecule has 0 saturated heterocycles. The Hall–Kier alpha value is -1.55. The topological polar surface area (TPSA) is 42.9 Å². The first-order valence-electron chi connectivity index (χ1n) is 5.41. The monoisotopic (exact) mass is 246 g/mol. The Balaban J connectivity index is 2.28. The van der Waals surface area contributed by atoms with Crippen LogP contribution in [0.4, 0.5) is 0 Å². The van der Waals surface area contributed by atoms with Crippen LogP contribution < -0.4 is 0 Å². The van der Waals surface area contributed by atoms with E-state index in [2.05, 4.69) is 30.4 Å². The summed E-state index contributed by atoms with van der Waals surface area (Å²) >= 11 is 1.19. The van der Waals surface area contributed by atoms with Gasteiger partial charge in [0.25, 0.3) is 0 Å². The van der Waals surface area contributed by atoms with Crippen LogP contribution in [0.15, 0.2) is 29.6 Å². The molecule has 3 nitrogen and oxygen atoms in total. The number of carbonyl (C=O) groups excluding carboxylic acids is 1. The van der Waals surface area contributed by atoms with Crippen molar-refractivity contribution in [2.24, 2.45) is 0 Å². The molecule has 4 heteroatoms. The minimum absolute atomic E-state index is 0.0702. The van der Waals surface area contributed by atoms with Gasteiger partial charge in [0, 0.05) is 10.9 Å². The quantitative estimate of drug-likeness (QED) is 0.765. The van der Waals surface area contributed by atoms with E-state index in [0.29, 0.717) is 11.3 Å². The van der Waals surface area contributed by atoms with Gasteiger partial charge in [0.1, 0.15) is 5.69 Å². The largest absolute Gasteiger partial charge is 0.287 e. The van der Waals surface area contributed by atoms with E-state index in [9.17, 15) is 4.79 Å². The molecule has 1 aromatic carbocycles. The third kappa shape index (κ3) is 2.58. The van der Waals surface area contributed by atoms with Gasteiger partial charge in [-0.2, -0.15) is 0 Å². The molecule has 2 rings (SSSR count). The highest BCUT2D eigenvalue weighted by Crippen LogP contribution is 2.22. The van der Waals surface area contributed by atoms with E-state index < -0.39 is 0 Å². The van der Waals surface area contributed by atoms with Crippen LogP contribution in [0, 0.1) is 0 Å². The van der Waals surface area contributed by atoms with Gasteiger partial charge in [0.15, 0.2) is 0 Å². The zero-order chi connectivity index (χ0) is 12.5. The Morgan fingerprint density at radius 1 is 1.18 bits per heavy atom. The fraction of sp³-hybridized carbons (Fsp3) is 0.308. The lowest BCUT2D eigenvalue weighted by Gasteiger charge is -2.18. The number of benzene rings is 1. The summed E-state index contributed by atoms with van der Waals surface area (Å²) in [5, 5.41) is 5.45. The fourth-order valence-corrected chi connectivity index (χ4v) is 1.97. The molecule has 0 aliphatic carbocycles. The highest BCUT2D eigenvalue weighted by Gasteiger charge is 2.15. The summed E-state index contributed by atoms with van der Waals surface area (Å²) in [7, 11) is 0. The van der Waals surface area contributed by atoms with Gasteiger partial charge in [0.2, 0.25) is 5.78 Å². The average Bonchev–Trinajstić information content (AvgIpc) is 2.80. The summed E-state index contributed by atoms with van der Waals surface area (Å²) in [6.45, 7) is 6.44. The molecule has 0 N–H and O–H groups in total. The second-order valence-corrected chi connectivity index (χ2v) is 5.56. The van der Waals surface area contributed by atoms with E-state index in [1.165, 1.54) is 17.1 Å². The number of nitrogens with zero attached hydrogens (tertiary/aromatic N) is 2.